The predicted octanol–water partition coefficient (Wildman–Crippen LogP) is 2.72. The molecule has 0 radical (unpaired) electrons. The highest BCUT2D eigenvalue weighted by molar-refractivity contribution is 5.91. The molecule has 0 unspecified atom stereocenters. The summed E-state index contributed by atoms with van der Waals surface area (Å²) >= 11 is 0. The molecule has 0 saturated heterocycles. The number of aromatic amines is 1. The first-order chi connectivity index (χ1) is 9.06. The molecule has 4 nitrogen and oxygen atoms in total. The highest BCUT2D eigenvalue weighted by Gasteiger charge is 2.12. The van der Waals surface area contributed by atoms with Gasteiger partial charge in [0.1, 0.15) is 5.75 Å². The molecule has 0 aliphatic rings. The van der Waals surface area contributed by atoms with E-state index in [4.69, 9.17) is 4.74 Å². The number of carbonyl (C=O) groups is 1. The van der Waals surface area contributed by atoms with E-state index < -0.39 is 5.97 Å². The second kappa shape index (κ2) is 5.52. The quantitative estimate of drug-likeness (QED) is 0.679. The van der Waals surface area contributed by atoms with Crippen molar-refractivity contribution in [1.29, 1.82) is 0 Å². The molecule has 1 aromatic heterocycles. The molecule has 0 aliphatic carbocycles. The molecule has 2 rings (SSSR count). The fourth-order valence-corrected chi connectivity index (χ4v) is 1.65. The van der Waals surface area contributed by atoms with E-state index in [1.165, 1.54) is 6.07 Å². The summed E-state index contributed by atoms with van der Waals surface area (Å²) in [7, 11) is 0. The minimum atomic E-state index is -0.529. The maximum atomic E-state index is 12.0. The monoisotopic (exact) mass is 257 g/mol. The van der Waals surface area contributed by atoms with Crippen molar-refractivity contribution < 1.29 is 9.53 Å². The standard InChI is InChI=1S/C15H15NO3/c1-10(2)13-8-11(9-14(17)16-13)15(18)19-12-6-4-3-5-7-12/h3-10H,1-2H3,(H,16,17). The maximum absolute atomic E-state index is 12.0. The smallest absolute Gasteiger partial charge is 0.343 e. The number of benzene rings is 1. The lowest BCUT2D eigenvalue weighted by atomic mass is 10.1. The molecule has 1 N–H and O–H groups in total. The van der Waals surface area contributed by atoms with Crippen LogP contribution in [-0.2, 0) is 0 Å². The highest BCUT2D eigenvalue weighted by Crippen LogP contribution is 2.14. The number of ether oxygens (including phenoxy) is 1. The van der Waals surface area contributed by atoms with Crippen molar-refractivity contribution in [2.75, 3.05) is 0 Å². The van der Waals surface area contributed by atoms with Gasteiger partial charge in [-0.25, -0.2) is 4.79 Å². The second-order valence-corrected chi connectivity index (χ2v) is 4.55. The Balaban J connectivity index is 2.27. The number of carbonyl (C=O) groups excluding carboxylic acids is 1. The zero-order chi connectivity index (χ0) is 13.8. The number of H-pyrrole nitrogens is 1. The third-order valence-corrected chi connectivity index (χ3v) is 2.68. The lowest BCUT2D eigenvalue weighted by molar-refractivity contribution is 0.0734. The Morgan fingerprint density at radius 1 is 1.16 bits per heavy atom. The summed E-state index contributed by atoms with van der Waals surface area (Å²) in [6.07, 6.45) is 0. The van der Waals surface area contributed by atoms with E-state index in [0.717, 1.165) is 0 Å². The van der Waals surface area contributed by atoms with Crippen LogP contribution in [0.5, 0.6) is 5.75 Å². The number of aromatic nitrogens is 1. The SMILES string of the molecule is CC(C)c1cc(C(=O)Oc2ccccc2)cc(=O)[nH]1. The lowest BCUT2D eigenvalue weighted by Gasteiger charge is -2.08. The third kappa shape index (κ3) is 3.31. The molecule has 0 saturated carbocycles. The van der Waals surface area contributed by atoms with Crippen molar-refractivity contribution in [3.8, 4) is 5.75 Å². The van der Waals surface area contributed by atoms with Gasteiger partial charge >= 0.3 is 5.97 Å². The number of nitrogens with one attached hydrogen (secondary N) is 1. The van der Waals surface area contributed by atoms with E-state index >= 15 is 0 Å². The first-order valence-electron chi connectivity index (χ1n) is 6.08. The van der Waals surface area contributed by atoms with Crippen molar-refractivity contribution in [1.82, 2.24) is 4.98 Å². The number of esters is 1. The number of para-hydroxylation sites is 1. The molecule has 2 aromatic rings. The number of hydrogen-bond acceptors (Lipinski definition) is 3. The van der Waals surface area contributed by atoms with Crippen LogP contribution < -0.4 is 10.3 Å². The van der Waals surface area contributed by atoms with Crippen LogP contribution in [0, 0.1) is 0 Å². The third-order valence-electron chi connectivity index (χ3n) is 2.68. The van der Waals surface area contributed by atoms with E-state index in [0.29, 0.717) is 11.4 Å². The van der Waals surface area contributed by atoms with Crippen LogP contribution in [0.15, 0.2) is 47.3 Å². The van der Waals surface area contributed by atoms with Gasteiger partial charge in [0.2, 0.25) is 5.56 Å². The highest BCUT2D eigenvalue weighted by atomic mass is 16.5. The summed E-state index contributed by atoms with van der Waals surface area (Å²) in [6, 6.07) is 11.7. The van der Waals surface area contributed by atoms with Crippen molar-refractivity contribution in [2.24, 2.45) is 0 Å². The Bertz CT molecular complexity index is 629. The summed E-state index contributed by atoms with van der Waals surface area (Å²) in [4.78, 5) is 26.2. The Kier molecular flexibility index (Phi) is 3.80. The van der Waals surface area contributed by atoms with Gasteiger partial charge in [0, 0.05) is 11.8 Å². The number of pyridine rings is 1. The topological polar surface area (TPSA) is 59.2 Å². The molecule has 1 aromatic carbocycles. The van der Waals surface area contributed by atoms with E-state index in [1.807, 2.05) is 19.9 Å². The van der Waals surface area contributed by atoms with Crippen LogP contribution in [0.4, 0.5) is 0 Å². The summed E-state index contributed by atoms with van der Waals surface area (Å²) in [5, 5.41) is 0. The van der Waals surface area contributed by atoms with E-state index in [2.05, 4.69) is 4.98 Å². The van der Waals surface area contributed by atoms with Gasteiger partial charge < -0.3 is 9.72 Å². The zero-order valence-electron chi connectivity index (χ0n) is 10.8. The molecule has 98 valence electrons. The van der Waals surface area contributed by atoms with Gasteiger partial charge in [-0.15, -0.1) is 0 Å². The van der Waals surface area contributed by atoms with Crippen LogP contribution >= 0.6 is 0 Å². The molecule has 19 heavy (non-hydrogen) atoms. The summed E-state index contributed by atoms with van der Waals surface area (Å²) in [6.45, 7) is 3.88. The average Bonchev–Trinajstić information content (AvgIpc) is 2.39. The molecule has 1 heterocycles. The van der Waals surface area contributed by atoms with Crippen molar-refractivity contribution in [3.05, 3.63) is 64.1 Å². The minimum Gasteiger partial charge on any atom is -0.423 e. The van der Waals surface area contributed by atoms with E-state index in [9.17, 15) is 9.59 Å². The molecular weight excluding hydrogens is 242 g/mol. The van der Waals surface area contributed by atoms with Crippen LogP contribution in [0.1, 0.15) is 35.8 Å². The van der Waals surface area contributed by atoms with E-state index in [-0.39, 0.29) is 17.0 Å². The van der Waals surface area contributed by atoms with Gasteiger partial charge in [-0.1, -0.05) is 32.0 Å². The molecular formula is C15H15NO3. The van der Waals surface area contributed by atoms with Gasteiger partial charge in [0.15, 0.2) is 0 Å². The van der Waals surface area contributed by atoms with Crippen LogP contribution in [0.2, 0.25) is 0 Å². The molecule has 0 atom stereocenters. The van der Waals surface area contributed by atoms with Crippen molar-refractivity contribution in [2.45, 2.75) is 19.8 Å². The molecule has 4 heteroatoms. The molecule has 0 amide bonds. The van der Waals surface area contributed by atoms with E-state index in [1.54, 1.807) is 30.3 Å². The largest absolute Gasteiger partial charge is 0.423 e. The minimum absolute atomic E-state index is 0.136. The van der Waals surface area contributed by atoms with Gasteiger partial charge in [0.05, 0.1) is 5.56 Å². The first kappa shape index (κ1) is 13.1. The Hall–Kier alpha value is -2.36. The molecule has 0 fully saturated rings. The Morgan fingerprint density at radius 3 is 2.47 bits per heavy atom. The molecule has 0 aliphatic heterocycles. The number of hydrogen-bond donors (Lipinski definition) is 1. The Morgan fingerprint density at radius 2 is 1.84 bits per heavy atom. The number of rotatable bonds is 3. The zero-order valence-corrected chi connectivity index (χ0v) is 10.8. The van der Waals surface area contributed by atoms with Crippen molar-refractivity contribution in [3.63, 3.8) is 0 Å². The van der Waals surface area contributed by atoms with Crippen LogP contribution in [0.3, 0.4) is 0 Å². The van der Waals surface area contributed by atoms with Gasteiger partial charge in [-0.2, -0.15) is 0 Å². The lowest BCUT2D eigenvalue weighted by Crippen LogP contribution is -2.16. The summed E-state index contributed by atoms with van der Waals surface area (Å²) in [5.74, 6) is 0.0650. The van der Waals surface area contributed by atoms with Crippen LogP contribution in [-0.4, -0.2) is 11.0 Å². The second-order valence-electron chi connectivity index (χ2n) is 4.55. The predicted molar refractivity (Wildman–Crippen MR) is 72.6 cm³/mol. The first-order valence-corrected chi connectivity index (χ1v) is 6.08. The van der Waals surface area contributed by atoms with Gasteiger partial charge in [-0.3, -0.25) is 4.79 Å². The fourth-order valence-electron chi connectivity index (χ4n) is 1.65. The molecule has 0 bridgehead atoms. The normalized spacial score (nSPS) is 10.5. The van der Waals surface area contributed by atoms with Crippen molar-refractivity contribution >= 4 is 5.97 Å². The Labute approximate surface area is 111 Å². The van der Waals surface area contributed by atoms with Gasteiger partial charge in [-0.05, 0) is 24.1 Å². The maximum Gasteiger partial charge on any atom is 0.343 e. The summed E-state index contributed by atoms with van der Waals surface area (Å²) < 4.78 is 5.20. The van der Waals surface area contributed by atoms with Gasteiger partial charge in [0.25, 0.3) is 0 Å². The molecule has 0 spiro atoms. The van der Waals surface area contributed by atoms with Crippen LogP contribution in [0.25, 0.3) is 0 Å². The fraction of sp³-hybridized carbons (Fsp3) is 0.200. The summed E-state index contributed by atoms with van der Waals surface area (Å²) in [5.41, 5.74) is 0.676. The average molecular weight is 257 g/mol.